The standard InChI is InChI=1S/C30H32F2NO/c1-18-7-10-23(29(3,4)5)16-25(18)26-28-24(12-14-33(26)6)19(2)27(34-28)21-9-8-20-11-13-30(31,32)17-22(20)15-21/h7-10,12,14-16H,11,13,17H2,1-6H3/q+1. The molecule has 0 saturated carbocycles. The second-order valence-electron chi connectivity index (χ2n) is 10.9. The number of benzene rings is 2. The molecule has 4 aromatic rings. The van der Waals surface area contributed by atoms with Gasteiger partial charge in [-0.3, -0.25) is 0 Å². The number of hydrogen-bond acceptors (Lipinski definition) is 1. The molecule has 0 N–H and O–H groups in total. The maximum Gasteiger partial charge on any atom is 0.256 e. The van der Waals surface area contributed by atoms with Crippen LogP contribution >= 0.6 is 0 Å². The van der Waals surface area contributed by atoms with Crippen molar-refractivity contribution in [3.8, 4) is 22.6 Å². The number of alkyl halides is 2. The normalized spacial score (nSPS) is 15.5. The van der Waals surface area contributed by atoms with Gasteiger partial charge in [-0.25, -0.2) is 8.78 Å². The van der Waals surface area contributed by atoms with E-state index >= 15 is 0 Å². The number of halogens is 2. The fraction of sp³-hybridized carbons (Fsp3) is 0.367. The molecule has 2 heterocycles. The van der Waals surface area contributed by atoms with Gasteiger partial charge < -0.3 is 4.42 Å². The fourth-order valence-corrected chi connectivity index (χ4v) is 5.12. The summed E-state index contributed by atoms with van der Waals surface area (Å²) in [5.74, 6) is -1.88. The first-order valence-corrected chi connectivity index (χ1v) is 12.0. The van der Waals surface area contributed by atoms with E-state index in [1.54, 1.807) is 0 Å². The summed E-state index contributed by atoms with van der Waals surface area (Å²) in [6.45, 7) is 10.8. The molecule has 2 aromatic carbocycles. The average molecular weight is 461 g/mol. The van der Waals surface area contributed by atoms with Gasteiger partial charge >= 0.3 is 0 Å². The quantitative estimate of drug-likeness (QED) is 0.281. The highest BCUT2D eigenvalue weighted by Crippen LogP contribution is 2.40. The van der Waals surface area contributed by atoms with E-state index in [0.29, 0.717) is 6.42 Å². The lowest BCUT2D eigenvalue weighted by atomic mass is 9.84. The van der Waals surface area contributed by atoms with Gasteiger partial charge in [-0.2, -0.15) is 4.57 Å². The first-order chi connectivity index (χ1) is 15.9. The summed E-state index contributed by atoms with van der Waals surface area (Å²) in [6.07, 6.45) is 2.22. The first kappa shape index (κ1) is 22.8. The summed E-state index contributed by atoms with van der Waals surface area (Å²) >= 11 is 0. The third-order valence-electron chi connectivity index (χ3n) is 7.26. The van der Waals surface area contributed by atoms with Crippen LogP contribution in [0.5, 0.6) is 0 Å². The van der Waals surface area contributed by atoms with Gasteiger partial charge in [0.2, 0.25) is 5.58 Å². The largest absolute Gasteiger partial charge is 0.449 e. The molecule has 0 fully saturated rings. The summed E-state index contributed by atoms with van der Waals surface area (Å²) < 4.78 is 36.8. The van der Waals surface area contributed by atoms with E-state index in [9.17, 15) is 8.78 Å². The number of fused-ring (bicyclic) bond motifs is 2. The summed E-state index contributed by atoms with van der Waals surface area (Å²) in [6, 6.07) is 14.6. The number of nitrogens with zero attached hydrogens (tertiary/aromatic N) is 1. The fourth-order valence-electron chi connectivity index (χ4n) is 5.12. The Morgan fingerprint density at radius 1 is 0.971 bits per heavy atom. The van der Waals surface area contributed by atoms with E-state index < -0.39 is 5.92 Å². The SMILES string of the molecule is Cc1ccc(C(C)(C)C)cc1-c1c2oc(-c3ccc4c(c3)CC(F)(F)CC4)c(C)c2cc[n+]1C. The molecule has 0 radical (unpaired) electrons. The summed E-state index contributed by atoms with van der Waals surface area (Å²) in [5.41, 5.74) is 9.12. The Balaban J connectivity index is 1.70. The molecule has 5 rings (SSSR count). The smallest absolute Gasteiger partial charge is 0.256 e. The Morgan fingerprint density at radius 2 is 1.74 bits per heavy atom. The van der Waals surface area contributed by atoms with Crippen LogP contribution in [0.25, 0.3) is 33.6 Å². The Morgan fingerprint density at radius 3 is 2.47 bits per heavy atom. The predicted octanol–water partition coefficient (Wildman–Crippen LogP) is 7.63. The Hall–Kier alpha value is -3.01. The van der Waals surface area contributed by atoms with Crippen molar-refractivity contribution in [2.45, 2.75) is 65.2 Å². The van der Waals surface area contributed by atoms with Crippen LogP contribution < -0.4 is 4.57 Å². The first-order valence-electron chi connectivity index (χ1n) is 12.0. The molecule has 0 aliphatic heterocycles. The number of rotatable bonds is 2. The highest BCUT2D eigenvalue weighted by molar-refractivity contribution is 5.95. The second-order valence-corrected chi connectivity index (χ2v) is 10.9. The van der Waals surface area contributed by atoms with Crippen molar-refractivity contribution >= 4 is 11.0 Å². The van der Waals surface area contributed by atoms with Crippen molar-refractivity contribution in [2.24, 2.45) is 7.05 Å². The van der Waals surface area contributed by atoms with Crippen molar-refractivity contribution < 1.29 is 17.8 Å². The lowest BCUT2D eigenvalue weighted by Crippen LogP contribution is -2.30. The molecule has 1 aliphatic rings. The molecule has 0 saturated heterocycles. The molecule has 0 unspecified atom stereocenters. The Labute approximate surface area is 200 Å². The Bertz CT molecular complexity index is 1420. The van der Waals surface area contributed by atoms with E-state index in [0.717, 1.165) is 50.2 Å². The molecule has 0 spiro atoms. The molecule has 0 atom stereocenters. The topological polar surface area (TPSA) is 17.0 Å². The van der Waals surface area contributed by atoms with Crippen molar-refractivity contribution in [3.05, 3.63) is 76.5 Å². The molecule has 34 heavy (non-hydrogen) atoms. The lowest BCUT2D eigenvalue weighted by Gasteiger charge is -2.24. The zero-order chi connectivity index (χ0) is 24.4. The van der Waals surface area contributed by atoms with E-state index in [2.05, 4.69) is 69.6 Å². The van der Waals surface area contributed by atoms with Crippen molar-refractivity contribution in [2.75, 3.05) is 0 Å². The van der Waals surface area contributed by atoms with Gasteiger partial charge in [-0.15, -0.1) is 0 Å². The number of aryl methyl sites for hydroxylation is 4. The maximum atomic E-state index is 14.1. The highest BCUT2D eigenvalue weighted by Gasteiger charge is 2.34. The predicted molar refractivity (Wildman–Crippen MR) is 133 cm³/mol. The highest BCUT2D eigenvalue weighted by atomic mass is 19.3. The summed E-state index contributed by atoms with van der Waals surface area (Å²) in [4.78, 5) is 0. The lowest BCUT2D eigenvalue weighted by molar-refractivity contribution is -0.659. The number of pyridine rings is 1. The van der Waals surface area contributed by atoms with Crippen molar-refractivity contribution in [1.82, 2.24) is 0 Å². The van der Waals surface area contributed by atoms with Crippen LogP contribution in [0.2, 0.25) is 0 Å². The second kappa shape index (κ2) is 7.76. The molecule has 4 heteroatoms. The number of aromatic nitrogens is 1. The molecule has 2 nitrogen and oxygen atoms in total. The molecule has 0 bridgehead atoms. The number of furan rings is 1. The minimum absolute atomic E-state index is 0.0321. The molecular weight excluding hydrogens is 428 g/mol. The summed E-state index contributed by atoms with van der Waals surface area (Å²) in [7, 11) is 2.04. The van der Waals surface area contributed by atoms with Crippen LogP contribution in [0.15, 0.2) is 53.1 Å². The van der Waals surface area contributed by atoms with E-state index in [4.69, 9.17) is 4.42 Å². The number of hydrogen-bond donors (Lipinski definition) is 0. The van der Waals surface area contributed by atoms with Crippen LogP contribution in [0.3, 0.4) is 0 Å². The van der Waals surface area contributed by atoms with E-state index in [1.807, 2.05) is 25.2 Å². The molecule has 2 aromatic heterocycles. The molecule has 0 amide bonds. The van der Waals surface area contributed by atoms with Crippen molar-refractivity contribution in [3.63, 3.8) is 0 Å². The third kappa shape index (κ3) is 3.83. The van der Waals surface area contributed by atoms with Gasteiger partial charge in [0.1, 0.15) is 12.8 Å². The monoisotopic (exact) mass is 460 g/mol. The minimum Gasteiger partial charge on any atom is -0.449 e. The Kier molecular flexibility index (Phi) is 5.20. The van der Waals surface area contributed by atoms with Crippen LogP contribution in [-0.4, -0.2) is 5.92 Å². The van der Waals surface area contributed by atoms with Gasteiger partial charge in [0.05, 0.1) is 5.56 Å². The molecule has 1 aliphatic carbocycles. The maximum absolute atomic E-state index is 14.1. The third-order valence-corrected chi connectivity index (χ3v) is 7.26. The minimum atomic E-state index is -2.63. The van der Waals surface area contributed by atoms with Gasteiger partial charge in [0.25, 0.3) is 11.6 Å². The average Bonchev–Trinajstić information content (AvgIpc) is 3.09. The van der Waals surface area contributed by atoms with Crippen LogP contribution in [0.1, 0.15) is 55.0 Å². The van der Waals surface area contributed by atoms with Crippen LogP contribution in [0.4, 0.5) is 8.78 Å². The molecule has 176 valence electrons. The van der Waals surface area contributed by atoms with Crippen molar-refractivity contribution in [1.29, 1.82) is 0 Å². The van der Waals surface area contributed by atoms with Crippen LogP contribution in [-0.2, 0) is 25.3 Å². The van der Waals surface area contributed by atoms with Gasteiger partial charge in [0, 0.05) is 35.4 Å². The van der Waals surface area contributed by atoms with Gasteiger partial charge in [-0.1, -0.05) is 45.0 Å². The van der Waals surface area contributed by atoms with E-state index in [-0.39, 0.29) is 18.3 Å². The van der Waals surface area contributed by atoms with Gasteiger partial charge in [0.15, 0.2) is 6.20 Å². The van der Waals surface area contributed by atoms with Gasteiger partial charge in [-0.05, 0) is 60.1 Å². The zero-order valence-electron chi connectivity index (χ0n) is 20.9. The zero-order valence-corrected chi connectivity index (χ0v) is 20.9. The molecular formula is C30H32F2NO+. The summed E-state index contributed by atoms with van der Waals surface area (Å²) in [5, 5.41) is 1.05. The van der Waals surface area contributed by atoms with Crippen LogP contribution in [0, 0.1) is 13.8 Å². The van der Waals surface area contributed by atoms with E-state index in [1.165, 1.54) is 11.1 Å².